The number of benzene rings is 2. The van der Waals surface area contributed by atoms with Crippen LogP contribution in [0.15, 0.2) is 47.3 Å². The van der Waals surface area contributed by atoms with E-state index >= 15 is 0 Å². The van der Waals surface area contributed by atoms with Crippen LogP contribution in [0.25, 0.3) is 16.7 Å². The molecule has 27 heavy (non-hydrogen) atoms. The summed E-state index contributed by atoms with van der Waals surface area (Å²) in [4.78, 5) is 12.7. The Kier molecular flexibility index (Phi) is 4.26. The van der Waals surface area contributed by atoms with Crippen LogP contribution in [0.3, 0.4) is 0 Å². The maximum atomic E-state index is 12.7. The molecule has 0 amide bonds. The number of anilines is 1. The number of hydrogen-bond donors (Lipinski definition) is 1. The van der Waals surface area contributed by atoms with Crippen molar-refractivity contribution in [1.29, 1.82) is 5.26 Å². The van der Waals surface area contributed by atoms with Gasteiger partial charge in [-0.15, -0.1) is 10.2 Å². The lowest BCUT2D eigenvalue weighted by molar-refractivity contribution is 0.734. The smallest absolute Gasteiger partial charge is 0.262 e. The molecule has 0 aliphatic carbocycles. The van der Waals surface area contributed by atoms with Crippen LogP contribution in [-0.2, 0) is 13.1 Å². The lowest BCUT2D eigenvalue weighted by Gasteiger charge is -2.10. The summed E-state index contributed by atoms with van der Waals surface area (Å²) in [6.45, 7) is 2.78. The predicted octanol–water partition coefficient (Wildman–Crippen LogP) is 3.20. The van der Waals surface area contributed by atoms with Crippen molar-refractivity contribution < 1.29 is 0 Å². The number of rotatable bonds is 4. The molecule has 0 atom stereocenters. The third-order valence-corrected chi connectivity index (χ3v) is 4.76. The average molecular weight is 379 g/mol. The lowest BCUT2D eigenvalue weighted by Crippen LogP contribution is -2.22. The first-order valence-electron chi connectivity index (χ1n) is 8.43. The van der Waals surface area contributed by atoms with Gasteiger partial charge in [-0.05, 0) is 37.3 Å². The van der Waals surface area contributed by atoms with Crippen LogP contribution in [0.5, 0.6) is 0 Å². The number of nitrogens with one attached hydrogen (secondary N) is 1. The standard InChI is InChI=1S/C19H15ClN6O/c1-2-25-18(27)14-5-3-4-6-16(14)26-17(23-24-19(25)26)11-22-13-7-8-15(20)12(9-13)10-21/h3-9,22H,2,11H2,1H3. The monoisotopic (exact) mass is 378 g/mol. The predicted molar refractivity (Wildman–Crippen MR) is 104 cm³/mol. The minimum Gasteiger partial charge on any atom is -0.378 e. The zero-order valence-electron chi connectivity index (χ0n) is 14.5. The van der Waals surface area contributed by atoms with Crippen molar-refractivity contribution in [2.45, 2.75) is 20.0 Å². The summed E-state index contributed by atoms with van der Waals surface area (Å²) in [5, 5.41) is 21.9. The summed E-state index contributed by atoms with van der Waals surface area (Å²) in [5.74, 6) is 1.17. The number of nitrogens with zero attached hydrogens (tertiary/aromatic N) is 5. The first-order chi connectivity index (χ1) is 13.1. The van der Waals surface area contributed by atoms with E-state index in [4.69, 9.17) is 16.9 Å². The van der Waals surface area contributed by atoms with E-state index in [0.717, 1.165) is 11.2 Å². The van der Waals surface area contributed by atoms with Crippen molar-refractivity contribution in [2.24, 2.45) is 0 Å². The van der Waals surface area contributed by atoms with E-state index in [9.17, 15) is 4.79 Å². The first-order valence-corrected chi connectivity index (χ1v) is 8.81. The highest BCUT2D eigenvalue weighted by molar-refractivity contribution is 6.31. The Morgan fingerprint density at radius 2 is 2.04 bits per heavy atom. The molecule has 1 N–H and O–H groups in total. The van der Waals surface area contributed by atoms with E-state index in [1.54, 1.807) is 28.8 Å². The van der Waals surface area contributed by atoms with Crippen LogP contribution in [-0.4, -0.2) is 19.2 Å². The molecule has 134 valence electrons. The van der Waals surface area contributed by atoms with E-state index in [-0.39, 0.29) is 5.56 Å². The van der Waals surface area contributed by atoms with Crippen molar-refractivity contribution in [2.75, 3.05) is 5.32 Å². The van der Waals surface area contributed by atoms with Gasteiger partial charge in [0.2, 0.25) is 5.78 Å². The Balaban J connectivity index is 1.81. The molecule has 0 saturated carbocycles. The second-order valence-electron chi connectivity index (χ2n) is 5.98. The minimum absolute atomic E-state index is 0.0797. The molecule has 0 radical (unpaired) electrons. The molecule has 0 aliphatic heterocycles. The van der Waals surface area contributed by atoms with E-state index < -0.39 is 0 Å². The quantitative estimate of drug-likeness (QED) is 0.589. The van der Waals surface area contributed by atoms with Gasteiger partial charge in [0.05, 0.1) is 28.0 Å². The largest absolute Gasteiger partial charge is 0.378 e. The van der Waals surface area contributed by atoms with Gasteiger partial charge in [-0.25, -0.2) is 0 Å². The number of fused-ring (bicyclic) bond motifs is 3. The number of hydrogen-bond acceptors (Lipinski definition) is 5. The van der Waals surface area contributed by atoms with E-state index in [1.807, 2.05) is 29.5 Å². The Morgan fingerprint density at radius 3 is 2.81 bits per heavy atom. The molecule has 0 aliphatic rings. The Labute approximate surface area is 159 Å². The molecule has 4 rings (SSSR count). The van der Waals surface area contributed by atoms with Crippen LogP contribution in [0, 0.1) is 11.3 Å². The number of nitriles is 1. The second kappa shape index (κ2) is 6.74. The van der Waals surface area contributed by atoms with Gasteiger partial charge < -0.3 is 5.32 Å². The summed E-state index contributed by atoms with van der Waals surface area (Å²) < 4.78 is 3.49. The molecule has 0 fully saturated rings. The second-order valence-corrected chi connectivity index (χ2v) is 6.39. The number of aromatic nitrogens is 4. The topological polar surface area (TPSA) is 88.0 Å². The Hall–Kier alpha value is -3.37. The Morgan fingerprint density at radius 1 is 1.22 bits per heavy atom. The van der Waals surface area contributed by atoms with Gasteiger partial charge in [0, 0.05) is 12.2 Å². The maximum Gasteiger partial charge on any atom is 0.262 e. The number of halogens is 1. The van der Waals surface area contributed by atoms with Gasteiger partial charge >= 0.3 is 0 Å². The Bertz CT molecular complexity index is 1270. The maximum absolute atomic E-state index is 12.7. The fourth-order valence-corrected chi connectivity index (χ4v) is 3.28. The molecule has 0 bridgehead atoms. The molecule has 7 nitrogen and oxygen atoms in total. The van der Waals surface area contributed by atoms with E-state index in [0.29, 0.717) is 40.7 Å². The zero-order valence-corrected chi connectivity index (χ0v) is 15.2. The summed E-state index contributed by atoms with van der Waals surface area (Å²) in [5.41, 5.74) is 1.83. The third kappa shape index (κ3) is 2.80. The molecule has 2 heterocycles. The van der Waals surface area contributed by atoms with Crippen molar-refractivity contribution in [3.05, 3.63) is 69.2 Å². The highest BCUT2D eigenvalue weighted by atomic mass is 35.5. The molecule has 0 unspecified atom stereocenters. The first kappa shape index (κ1) is 17.1. The van der Waals surface area contributed by atoms with Gasteiger partial charge in [0.25, 0.3) is 5.56 Å². The summed E-state index contributed by atoms with van der Waals surface area (Å²) in [7, 11) is 0. The number of aryl methyl sites for hydroxylation is 1. The van der Waals surface area contributed by atoms with Crippen LogP contribution in [0.4, 0.5) is 5.69 Å². The summed E-state index contributed by atoms with van der Waals surface area (Å²) in [6, 6.07) is 14.6. The highest BCUT2D eigenvalue weighted by Gasteiger charge is 2.15. The molecule has 0 saturated heterocycles. The molecular formula is C19H15ClN6O. The molecule has 2 aromatic heterocycles. The molecular weight excluding hydrogens is 364 g/mol. The summed E-state index contributed by atoms with van der Waals surface area (Å²) >= 11 is 5.98. The van der Waals surface area contributed by atoms with Crippen molar-refractivity contribution in [3.8, 4) is 6.07 Å². The van der Waals surface area contributed by atoms with E-state index in [2.05, 4.69) is 21.6 Å². The summed E-state index contributed by atoms with van der Waals surface area (Å²) in [6.07, 6.45) is 0. The van der Waals surface area contributed by atoms with Gasteiger partial charge in [-0.3, -0.25) is 13.8 Å². The van der Waals surface area contributed by atoms with Gasteiger partial charge in [0.15, 0.2) is 5.82 Å². The lowest BCUT2D eigenvalue weighted by atomic mass is 10.2. The van der Waals surface area contributed by atoms with Crippen LogP contribution in [0.1, 0.15) is 18.3 Å². The van der Waals surface area contributed by atoms with E-state index in [1.165, 1.54) is 0 Å². The van der Waals surface area contributed by atoms with Gasteiger partial charge in [0.1, 0.15) is 6.07 Å². The fraction of sp³-hybridized carbons (Fsp3) is 0.158. The molecule has 0 spiro atoms. The van der Waals surface area contributed by atoms with Crippen LogP contribution >= 0.6 is 11.6 Å². The molecule has 2 aromatic carbocycles. The molecule has 4 aromatic rings. The van der Waals surface area contributed by atoms with Crippen molar-refractivity contribution in [1.82, 2.24) is 19.2 Å². The zero-order chi connectivity index (χ0) is 19.0. The van der Waals surface area contributed by atoms with Crippen LogP contribution in [0.2, 0.25) is 5.02 Å². The SMILES string of the molecule is CCn1c(=O)c2ccccc2n2c(CNc3ccc(Cl)c(C#N)c3)nnc12. The third-order valence-electron chi connectivity index (χ3n) is 4.43. The highest BCUT2D eigenvalue weighted by Crippen LogP contribution is 2.21. The van der Waals surface area contributed by atoms with Crippen molar-refractivity contribution in [3.63, 3.8) is 0 Å². The van der Waals surface area contributed by atoms with Gasteiger partial charge in [-0.2, -0.15) is 5.26 Å². The average Bonchev–Trinajstić information content (AvgIpc) is 3.12. The minimum atomic E-state index is -0.0797. The molecule has 8 heteroatoms. The number of para-hydroxylation sites is 1. The van der Waals surface area contributed by atoms with Crippen molar-refractivity contribution >= 4 is 34.0 Å². The normalized spacial score (nSPS) is 11.0. The van der Waals surface area contributed by atoms with Crippen LogP contribution < -0.4 is 10.9 Å². The van der Waals surface area contributed by atoms with Gasteiger partial charge in [-0.1, -0.05) is 23.7 Å². The fourth-order valence-electron chi connectivity index (χ4n) is 3.12.